The second kappa shape index (κ2) is 10.8. The fourth-order valence-corrected chi connectivity index (χ4v) is 4.29. The maximum atomic E-state index is 12.9. The molecule has 4 rings (SSSR count). The van der Waals surface area contributed by atoms with Gasteiger partial charge in [0.1, 0.15) is 5.82 Å². The summed E-state index contributed by atoms with van der Waals surface area (Å²) in [6.45, 7) is 6.28. The Morgan fingerprint density at radius 3 is 2.60 bits per heavy atom. The molecule has 1 atom stereocenters. The first-order chi connectivity index (χ1) is 14.2. The molecule has 7 heteroatoms. The molecule has 1 N–H and O–H groups in total. The highest BCUT2D eigenvalue weighted by atomic mass is 35.5. The van der Waals surface area contributed by atoms with Crippen LogP contribution in [-0.4, -0.2) is 67.0 Å². The highest BCUT2D eigenvalue weighted by Gasteiger charge is 2.29. The lowest BCUT2D eigenvalue weighted by molar-refractivity contribution is -0.138. The molecule has 2 fully saturated rings. The summed E-state index contributed by atoms with van der Waals surface area (Å²) < 4.78 is 0. The zero-order valence-electron chi connectivity index (χ0n) is 17.7. The number of hydrogen-bond acceptors (Lipinski definition) is 5. The molecule has 1 unspecified atom stereocenters. The van der Waals surface area contributed by atoms with Crippen molar-refractivity contribution in [1.82, 2.24) is 20.1 Å². The Bertz CT molecular complexity index is 795. The van der Waals surface area contributed by atoms with Crippen LogP contribution >= 0.6 is 12.4 Å². The second-order valence-electron chi connectivity index (χ2n) is 8.07. The first kappa shape index (κ1) is 22.5. The van der Waals surface area contributed by atoms with Crippen molar-refractivity contribution in [3.05, 3.63) is 54.2 Å². The number of halogens is 1. The molecule has 1 aromatic heterocycles. The monoisotopic (exact) mass is 429 g/mol. The van der Waals surface area contributed by atoms with Crippen molar-refractivity contribution in [2.45, 2.75) is 19.4 Å². The molecule has 2 aliphatic heterocycles. The topological polar surface area (TPSA) is 51.7 Å². The van der Waals surface area contributed by atoms with E-state index in [2.05, 4.69) is 44.4 Å². The number of piperazine rings is 1. The molecule has 3 heterocycles. The zero-order valence-corrected chi connectivity index (χ0v) is 18.5. The van der Waals surface area contributed by atoms with Crippen LogP contribution in [0.4, 0.5) is 11.5 Å². The van der Waals surface area contributed by atoms with Crippen molar-refractivity contribution in [1.29, 1.82) is 0 Å². The van der Waals surface area contributed by atoms with Gasteiger partial charge in [0, 0.05) is 58.2 Å². The number of anilines is 2. The van der Waals surface area contributed by atoms with E-state index in [1.807, 2.05) is 36.3 Å². The Morgan fingerprint density at radius 2 is 1.90 bits per heavy atom. The van der Waals surface area contributed by atoms with Crippen LogP contribution in [0.25, 0.3) is 0 Å². The summed E-state index contributed by atoms with van der Waals surface area (Å²) in [4.78, 5) is 24.1. The number of hydrogen-bond donors (Lipinski definition) is 1. The van der Waals surface area contributed by atoms with Gasteiger partial charge in [-0.3, -0.25) is 9.69 Å². The van der Waals surface area contributed by atoms with E-state index in [0.717, 1.165) is 70.2 Å². The fourth-order valence-electron chi connectivity index (χ4n) is 4.29. The van der Waals surface area contributed by atoms with Crippen LogP contribution in [0.1, 0.15) is 18.4 Å². The summed E-state index contributed by atoms with van der Waals surface area (Å²) in [6, 6.07) is 14.5. The third kappa shape index (κ3) is 5.50. The molecule has 0 radical (unpaired) electrons. The molecule has 2 aliphatic rings. The smallest absolute Gasteiger partial charge is 0.227 e. The van der Waals surface area contributed by atoms with Gasteiger partial charge in [-0.1, -0.05) is 24.3 Å². The van der Waals surface area contributed by atoms with Crippen molar-refractivity contribution in [3.63, 3.8) is 0 Å². The summed E-state index contributed by atoms with van der Waals surface area (Å²) in [6.07, 6.45) is 4.07. The van der Waals surface area contributed by atoms with Crippen molar-refractivity contribution in [3.8, 4) is 0 Å². The van der Waals surface area contributed by atoms with Crippen molar-refractivity contribution in [2.75, 3.05) is 51.2 Å². The first-order valence-electron chi connectivity index (χ1n) is 10.7. The molecule has 1 aromatic carbocycles. The van der Waals surface area contributed by atoms with E-state index in [-0.39, 0.29) is 18.3 Å². The number of likely N-dealkylation sites (tertiary alicyclic amines) is 1. The van der Waals surface area contributed by atoms with Crippen molar-refractivity contribution in [2.24, 2.45) is 5.92 Å². The van der Waals surface area contributed by atoms with Gasteiger partial charge >= 0.3 is 0 Å². The number of piperidine rings is 1. The number of benzene rings is 1. The lowest BCUT2D eigenvalue weighted by Crippen LogP contribution is -2.51. The van der Waals surface area contributed by atoms with Crippen LogP contribution in [0, 0.1) is 5.92 Å². The number of carbonyl (C=O) groups is 1. The van der Waals surface area contributed by atoms with Gasteiger partial charge in [-0.2, -0.15) is 0 Å². The van der Waals surface area contributed by atoms with Gasteiger partial charge in [0.15, 0.2) is 0 Å². The molecule has 0 saturated carbocycles. The van der Waals surface area contributed by atoms with E-state index in [1.54, 1.807) is 0 Å². The average molecular weight is 430 g/mol. The zero-order chi connectivity index (χ0) is 20.1. The summed E-state index contributed by atoms with van der Waals surface area (Å²) in [5, 5.41) is 3.32. The van der Waals surface area contributed by atoms with Gasteiger partial charge < -0.3 is 15.1 Å². The number of amides is 1. The molecule has 0 bridgehead atoms. The van der Waals surface area contributed by atoms with Gasteiger partial charge in [0.05, 0.1) is 5.92 Å². The minimum Gasteiger partial charge on any atom is -0.340 e. The SMILES string of the molecule is CN(c1ccccc1)c1ccc(CN2CCCC(C(=O)N3CCNCC3)C2)cn1.Cl. The van der Waals surface area contributed by atoms with Gasteiger partial charge in [-0.25, -0.2) is 4.98 Å². The minimum absolute atomic E-state index is 0. The Labute approximate surface area is 185 Å². The molecule has 1 amide bonds. The quantitative estimate of drug-likeness (QED) is 0.792. The Hall–Kier alpha value is -2.15. The van der Waals surface area contributed by atoms with E-state index in [1.165, 1.54) is 5.56 Å². The summed E-state index contributed by atoms with van der Waals surface area (Å²) >= 11 is 0. The van der Waals surface area contributed by atoms with Gasteiger partial charge in [0.25, 0.3) is 0 Å². The van der Waals surface area contributed by atoms with Crippen LogP contribution in [0.5, 0.6) is 0 Å². The Balaban J connectivity index is 0.00000256. The van der Waals surface area contributed by atoms with Crippen LogP contribution in [0.3, 0.4) is 0 Å². The third-order valence-electron chi connectivity index (χ3n) is 5.99. The van der Waals surface area contributed by atoms with Crippen LogP contribution in [0.2, 0.25) is 0 Å². The lowest BCUT2D eigenvalue weighted by Gasteiger charge is -2.36. The second-order valence-corrected chi connectivity index (χ2v) is 8.07. The van der Waals surface area contributed by atoms with Crippen LogP contribution < -0.4 is 10.2 Å². The number of para-hydroxylation sites is 1. The van der Waals surface area contributed by atoms with E-state index in [9.17, 15) is 4.79 Å². The number of nitrogens with one attached hydrogen (secondary N) is 1. The Morgan fingerprint density at radius 1 is 1.13 bits per heavy atom. The number of rotatable bonds is 5. The molecule has 6 nitrogen and oxygen atoms in total. The fraction of sp³-hybridized carbons (Fsp3) is 0.478. The van der Waals surface area contributed by atoms with E-state index in [4.69, 9.17) is 0 Å². The number of aromatic nitrogens is 1. The van der Waals surface area contributed by atoms with Crippen LogP contribution in [0.15, 0.2) is 48.7 Å². The third-order valence-corrected chi connectivity index (χ3v) is 5.99. The van der Waals surface area contributed by atoms with Gasteiger partial charge in [-0.05, 0) is 43.1 Å². The molecule has 30 heavy (non-hydrogen) atoms. The lowest BCUT2D eigenvalue weighted by atomic mass is 9.96. The summed E-state index contributed by atoms with van der Waals surface area (Å²) in [7, 11) is 2.04. The molecule has 162 valence electrons. The molecular formula is C23H32ClN5O. The number of pyridine rings is 1. The van der Waals surface area contributed by atoms with E-state index < -0.39 is 0 Å². The van der Waals surface area contributed by atoms with Gasteiger partial charge in [0.2, 0.25) is 5.91 Å². The van der Waals surface area contributed by atoms with Crippen molar-refractivity contribution < 1.29 is 4.79 Å². The van der Waals surface area contributed by atoms with Crippen LogP contribution in [-0.2, 0) is 11.3 Å². The highest BCUT2D eigenvalue weighted by Crippen LogP contribution is 2.23. The van der Waals surface area contributed by atoms with Crippen molar-refractivity contribution >= 4 is 29.8 Å². The maximum absolute atomic E-state index is 12.9. The molecular weight excluding hydrogens is 398 g/mol. The number of carbonyl (C=O) groups excluding carboxylic acids is 1. The largest absolute Gasteiger partial charge is 0.340 e. The van der Waals surface area contributed by atoms with E-state index >= 15 is 0 Å². The highest BCUT2D eigenvalue weighted by molar-refractivity contribution is 5.85. The van der Waals surface area contributed by atoms with E-state index in [0.29, 0.717) is 5.91 Å². The minimum atomic E-state index is 0. The predicted octanol–water partition coefficient (Wildman–Crippen LogP) is 2.92. The molecule has 0 spiro atoms. The van der Waals surface area contributed by atoms with Gasteiger partial charge in [-0.15, -0.1) is 12.4 Å². The summed E-state index contributed by atoms with van der Waals surface area (Å²) in [5.41, 5.74) is 2.32. The molecule has 0 aliphatic carbocycles. The molecule has 2 aromatic rings. The predicted molar refractivity (Wildman–Crippen MR) is 123 cm³/mol. The maximum Gasteiger partial charge on any atom is 0.227 e. The molecule has 2 saturated heterocycles. The normalized spacial score (nSPS) is 19.8. The number of nitrogens with zero attached hydrogens (tertiary/aromatic N) is 4. The average Bonchev–Trinajstić information content (AvgIpc) is 2.80. The Kier molecular flexibility index (Phi) is 8.08. The standard InChI is InChI=1S/C23H31N5O.ClH/c1-26(21-7-3-2-4-8-21)22-10-9-19(16-25-22)17-27-13-5-6-20(18-27)23(29)28-14-11-24-12-15-28;/h2-4,7-10,16,20,24H,5-6,11-15,17-18H2,1H3;1H. The summed E-state index contributed by atoms with van der Waals surface area (Å²) in [5.74, 6) is 1.41. The first-order valence-corrected chi connectivity index (χ1v) is 10.7.